The predicted molar refractivity (Wildman–Crippen MR) is 91.5 cm³/mol. The molecule has 116 valence electrons. The van der Waals surface area contributed by atoms with Gasteiger partial charge in [-0.25, -0.2) is 4.58 Å². The number of aromatic nitrogens is 2. The molecule has 0 fully saturated rings. The minimum absolute atomic E-state index is 0.585. The molecule has 4 nitrogen and oxygen atoms in total. The minimum atomic E-state index is 0.585. The second-order valence-corrected chi connectivity index (χ2v) is 5.14. The molecule has 1 aromatic heterocycles. The first kappa shape index (κ1) is 15.2. The first-order valence-corrected chi connectivity index (χ1v) is 7.89. The first-order valence-electron chi connectivity index (χ1n) is 7.89. The van der Waals surface area contributed by atoms with Crippen molar-refractivity contribution in [2.45, 2.75) is 13.8 Å². The first-order chi connectivity index (χ1) is 11.3. The number of benzene rings is 2. The lowest BCUT2D eigenvalue weighted by atomic mass is 10.2. The van der Waals surface area contributed by atoms with Gasteiger partial charge in [0.15, 0.2) is 0 Å². The summed E-state index contributed by atoms with van der Waals surface area (Å²) < 4.78 is 8.06. The van der Waals surface area contributed by atoms with Crippen LogP contribution in [-0.2, 0) is 0 Å². The van der Waals surface area contributed by atoms with Gasteiger partial charge in [0.2, 0.25) is 5.89 Å². The van der Waals surface area contributed by atoms with E-state index in [9.17, 15) is 0 Å². The zero-order valence-electron chi connectivity index (χ0n) is 13.4. The van der Waals surface area contributed by atoms with Gasteiger partial charge in [-0.2, -0.15) is 4.98 Å². The number of nitrogens with zero attached hydrogens (tertiary/aromatic N) is 3. The van der Waals surface area contributed by atoms with Gasteiger partial charge in [0.05, 0.1) is 13.1 Å². The van der Waals surface area contributed by atoms with Crippen LogP contribution >= 0.6 is 0 Å². The normalized spacial score (nSPS) is 10.5. The van der Waals surface area contributed by atoms with Crippen molar-refractivity contribution < 1.29 is 4.42 Å². The van der Waals surface area contributed by atoms with E-state index in [1.807, 2.05) is 60.7 Å². The summed E-state index contributed by atoms with van der Waals surface area (Å²) >= 11 is 0. The van der Waals surface area contributed by atoms with Crippen LogP contribution in [0.25, 0.3) is 22.8 Å². The minimum Gasteiger partial charge on any atom is -0.369 e. The Morgan fingerprint density at radius 2 is 1.35 bits per heavy atom. The Kier molecular flexibility index (Phi) is 4.62. The third-order valence-corrected chi connectivity index (χ3v) is 3.68. The monoisotopic (exact) mass is 306 g/mol. The highest BCUT2D eigenvalue weighted by molar-refractivity contribution is 5.58. The second-order valence-electron chi connectivity index (χ2n) is 5.14. The Bertz CT molecular complexity index is 772. The van der Waals surface area contributed by atoms with Crippen molar-refractivity contribution in [1.29, 1.82) is 0 Å². The molecule has 0 spiro atoms. The van der Waals surface area contributed by atoms with Gasteiger partial charge in [0.1, 0.15) is 0 Å². The van der Waals surface area contributed by atoms with E-state index in [4.69, 9.17) is 4.42 Å². The van der Waals surface area contributed by atoms with Crippen molar-refractivity contribution in [2.75, 3.05) is 13.1 Å². The third kappa shape index (κ3) is 3.37. The van der Waals surface area contributed by atoms with E-state index in [1.54, 1.807) is 0 Å². The van der Waals surface area contributed by atoms with Gasteiger partial charge in [0.25, 0.3) is 5.82 Å². The quantitative estimate of drug-likeness (QED) is 0.695. The largest absolute Gasteiger partial charge is 0.502 e. The number of hydrogen-bond acceptors (Lipinski definition) is 3. The van der Waals surface area contributed by atoms with Gasteiger partial charge in [-0.15, -0.1) is 0 Å². The van der Waals surface area contributed by atoms with Crippen LogP contribution in [0.1, 0.15) is 13.8 Å². The lowest BCUT2D eigenvalue weighted by molar-refractivity contribution is 0.397. The third-order valence-electron chi connectivity index (χ3n) is 3.68. The topological polar surface area (TPSA) is 41.9 Å². The van der Waals surface area contributed by atoms with Gasteiger partial charge in [-0.3, -0.25) is 0 Å². The summed E-state index contributed by atoms with van der Waals surface area (Å²) in [6.07, 6.45) is 0. The Labute approximate surface area is 135 Å². The van der Waals surface area contributed by atoms with Crippen LogP contribution in [-0.4, -0.2) is 23.1 Å². The molecule has 0 aliphatic carbocycles. The maximum Gasteiger partial charge on any atom is 0.502 e. The SMILES string of the molecule is CC[N+](CC)=c1nc(-c2ccccc2)nc(-c2ccccc2)o1. The van der Waals surface area contributed by atoms with Gasteiger partial charge in [-0.05, 0) is 38.1 Å². The van der Waals surface area contributed by atoms with Crippen molar-refractivity contribution in [3.63, 3.8) is 0 Å². The van der Waals surface area contributed by atoms with Gasteiger partial charge in [-0.1, -0.05) is 36.4 Å². The Morgan fingerprint density at radius 1 is 0.783 bits per heavy atom. The molecule has 0 radical (unpaired) electrons. The maximum absolute atomic E-state index is 5.97. The molecule has 0 aliphatic rings. The summed E-state index contributed by atoms with van der Waals surface area (Å²) in [6, 6.07) is 19.9. The molecule has 2 aromatic carbocycles. The number of hydrogen-bond donors (Lipinski definition) is 0. The summed E-state index contributed by atoms with van der Waals surface area (Å²) in [6.45, 7) is 5.84. The average molecular weight is 306 g/mol. The van der Waals surface area contributed by atoms with Crippen LogP contribution in [0.15, 0.2) is 65.1 Å². The van der Waals surface area contributed by atoms with E-state index in [1.165, 1.54) is 0 Å². The van der Waals surface area contributed by atoms with Crippen LogP contribution < -0.4 is 10.3 Å². The molecular formula is C19H20N3O+. The van der Waals surface area contributed by atoms with Crippen LogP contribution in [0.4, 0.5) is 0 Å². The molecule has 0 unspecified atom stereocenters. The van der Waals surface area contributed by atoms with Crippen LogP contribution in [0, 0.1) is 0 Å². The van der Waals surface area contributed by atoms with Crippen molar-refractivity contribution in [1.82, 2.24) is 14.5 Å². The predicted octanol–water partition coefficient (Wildman–Crippen LogP) is 3.22. The molecule has 0 aliphatic heterocycles. The van der Waals surface area contributed by atoms with E-state index in [0.717, 1.165) is 24.2 Å². The van der Waals surface area contributed by atoms with E-state index in [0.29, 0.717) is 17.4 Å². The van der Waals surface area contributed by atoms with Crippen molar-refractivity contribution in [2.24, 2.45) is 0 Å². The molecule has 1 heterocycles. The standard InChI is InChI=1S/C19H20N3O/c1-3-22(4-2)19-21-17(15-11-7-5-8-12-15)20-18(23-19)16-13-9-6-10-14-16/h5-14H,3-4H2,1-2H3/q+1. The molecule has 0 saturated heterocycles. The van der Waals surface area contributed by atoms with Crippen LogP contribution in [0.2, 0.25) is 0 Å². The van der Waals surface area contributed by atoms with Crippen LogP contribution in [0.3, 0.4) is 0 Å². The Hall–Kier alpha value is -2.75. The van der Waals surface area contributed by atoms with Crippen molar-refractivity contribution in [3.8, 4) is 22.8 Å². The van der Waals surface area contributed by atoms with Crippen molar-refractivity contribution >= 4 is 0 Å². The van der Waals surface area contributed by atoms with Crippen molar-refractivity contribution in [3.05, 3.63) is 66.3 Å². The highest BCUT2D eigenvalue weighted by Crippen LogP contribution is 2.18. The van der Waals surface area contributed by atoms with E-state index in [-0.39, 0.29) is 0 Å². The van der Waals surface area contributed by atoms with Gasteiger partial charge < -0.3 is 4.42 Å². The second kappa shape index (κ2) is 7.01. The molecule has 0 N–H and O–H groups in total. The fraction of sp³-hybridized carbons (Fsp3) is 0.211. The number of rotatable bonds is 4. The molecule has 0 amide bonds. The summed E-state index contributed by atoms with van der Waals surface area (Å²) in [4.78, 5) is 9.24. The average Bonchev–Trinajstić information content (AvgIpc) is 2.64. The smallest absolute Gasteiger partial charge is 0.369 e. The fourth-order valence-electron chi connectivity index (χ4n) is 2.39. The molecule has 0 atom stereocenters. The molecule has 3 aromatic rings. The summed E-state index contributed by atoms with van der Waals surface area (Å²) in [5.41, 5.74) is 2.53. The van der Waals surface area contributed by atoms with Crippen LogP contribution in [0.5, 0.6) is 0 Å². The molecule has 3 rings (SSSR count). The Balaban J connectivity index is 2.26. The lowest BCUT2D eigenvalue weighted by Crippen LogP contribution is -2.32. The molecule has 0 saturated carbocycles. The molecular weight excluding hydrogens is 286 g/mol. The van der Waals surface area contributed by atoms with E-state index in [2.05, 4.69) is 28.4 Å². The molecule has 0 bridgehead atoms. The maximum atomic E-state index is 5.97. The summed E-state index contributed by atoms with van der Waals surface area (Å²) in [5.74, 6) is 1.26. The molecule has 4 heteroatoms. The van der Waals surface area contributed by atoms with Gasteiger partial charge in [0, 0.05) is 16.1 Å². The van der Waals surface area contributed by atoms with E-state index >= 15 is 0 Å². The molecule has 23 heavy (non-hydrogen) atoms. The highest BCUT2D eigenvalue weighted by Gasteiger charge is 2.16. The summed E-state index contributed by atoms with van der Waals surface area (Å²) in [7, 11) is 0. The zero-order valence-corrected chi connectivity index (χ0v) is 13.4. The Morgan fingerprint density at radius 3 is 1.91 bits per heavy atom. The highest BCUT2D eigenvalue weighted by atomic mass is 16.4. The summed E-state index contributed by atoms with van der Waals surface area (Å²) in [5, 5.41) is 0. The zero-order chi connectivity index (χ0) is 16.1. The van der Waals surface area contributed by atoms with Gasteiger partial charge >= 0.3 is 5.68 Å². The lowest BCUT2D eigenvalue weighted by Gasteiger charge is -2.02. The van der Waals surface area contributed by atoms with E-state index < -0.39 is 0 Å². The fourth-order valence-corrected chi connectivity index (χ4v) is 2.39.